The van der Waals surface area contributed by atoms with E-state index in [2.05, 4.69) is 10.3 Å². The molecular formula is C22H17Cl2N3O2. The van der Waals surface area contributed by atoms with Gasteiger partial charge in [-0.2, -0.15) is 0 Å². The van der Waals surface area contributed by atoms with Gasteiger partial charge in [0.05, 0.1) is 28.3 Å². The van der Waals surface area contributed by atoms with Crippen LogP contribution in [0, 0.1) is 0 Å². The summed E-state index contributed by atoms with van der Waals surface area (Å²) in [5.74, 6) is -0.290. The summed E-state index contributed by atoms with van der Waals surface area (Å²) in [5, 5.41) is 6.06. The standard InChI is InChI=1S/C22H17Cl2N3O2/c1-13(16-8-4-6-14-5-2-3-7-17(14)16)26-20(28)11-27-12-25-21-18(22(27)29)9-15(23)10-19(21)24/h2-10,12-13H,11H2,1H3,(H,26,28). The van der Waals surface area contributed by atoms with Gasteiger partial charge in [-0.05, 0) is 35.4 Å². The zero-order valence-corrected chi connectivity index (χ0v) is 17.0. The Labute approximate surface area is 176 Å². The van der Waals surface area contributed by atoms with E-state index in [1.54, 1.807) is 0 Å². The highest BCUT2D eigenvalue weighted by molar-refractivity contribution is 6.38. The van der Waals surface area contributed by atoms with E-state index < -0.39 is 0 Å². The van der Waals surface area contributed by atoms with Crippen LogP contribution in [0.4, 0.5) is 0 Å². The van der Waals surface area contributed by atoms with E-state index >= 15 is 0 Å². The van der Waals surface area contributed by atoms with Gasteiger partial charge in [0, 0.05) is 5.02 Å². The maximum absolute atomic E-state index is 12.7. The Bertz CT molecular complexity index is 1300. The summed E-state index contributed by atoms with van der Waals surface area (Å²) in [4.78, 5) is 29.5. The fourth-order valence-corrected chi connectivity index (χ4v) is 4.00. The molecule has 0 bridgehead atoms. The predicted octanol–water partition coefficient (Wildman–Crippen LogP) is 4.73. The second-order valence-corrected chi connectivity index (χ2v) is 7.66. The third-order valence-electron chi connectivity index (χ3n) is 4.83. The molecule has 1 amide bonds. The quantitative estimate of drug-likeness (QED) is 0.513. The van der Waals surface area contributed by atoms with Gasteiger partial charge in [-0.25, -0.2) is 4.98 Å². The number of aromatic nitrogens is 2. The Morgan fingerprint density at radius 1 is 1.10 bits per heavy atom. The van der Waals surface area contributed by atoms with Crippen LogP contribution in [-0.4, -0.2) is 15.5 Å². The number of carbonyl (C=O) groups excluding carboxylic acids is 1. The molecule has 4 rings (SSSR count). The molecule has 1 heterocycles. The average Bonchev–Trinajstić information content (AvgIpc) is 2.70. The molecule has 0 fully saturated rings. The zero-order chi connectivity index (χ0) is 20.5. The van der Waals surface area contributed by atoms with E-state index in [0.717, 1.165) is 16.3 Å². The summed E-state index contributed by atoms with van der Waals surface area (Å²) in [6.45, 7) is 1.77. The minimum absolute atomic E-state index is 0.152. The van der Waals surface area contributed by atoms with Crippen molar-refractivity contribution in [2.75, 3.05) is 0 Å². The fourth-order valence-electron chi connectivity index (χ4n) is 3.46. The number of nitrogens with zero attached hydrogens (tertiary/aromatic N) is 2. The van der Waals surface area contributed by atoms with Gasteiger partial charge >= 0.3 is 0 Å². The van der Waals surface area contributed by atoms with Gasteiger partial charge in [-0.15, -0.1) is 0 Å². The molecule has 1 N–H and O–H groups in total. The van der Waals surface area contributed by atoms with Gasteiger partial charge in [-0.3, -0.25) is 14.2 Å². The number of fused-ring (bicyclic) bond motifs is 2. The molecule has 1 atom stereocenters. The number of benzene rings is 3. The van der Waals surface area contributed by atoms with E-state index in [-0.39, 0.29) is 29.4 Å². The van der Waals surface area contributed by atoms with Crippen LogP contribution in [0.15, 0.2) is 65.7 Å². The molecule has 0 aliphatic carbocycles. The van der Waals surface area contributed by atoms with Gasteiger partial charge in [0.2, 0.25) is 5.91 Å². The summed E-state index contributed by atoms with van der Waals surface area (Å²) in [7, 11) is 0. The largest absolute Gasteiger partial charge is 0.348 e. The number of amides is 1. The van der Waals surface area contributed by atoms with Crippen LogP contribution < -0.4 is 10.9 Å². The predicted molar refractivity (Wildman–Crippen MR) is 117 cm³/mol. The number of halogens is 2. The Morgan fingerprint density at radius 3 is 2.69 bits per heavy atom. The van der Waals surface area contributed by atoms with Gasteiger partial charge in [0.25, 0.3) is 5.56 Å². The first kappa shape index (κ1) is 19.4. The lowest BCUT2D eigenvalue weighted by Crippen LogP contribution is -2.34. The van der Waals surface area contributed by atoms with Crippen LogP contribution >= 0.6 is 23.2 Å². The van der Waals surface area contributed by atoms with Crippen LogP contribution in [0.3, 0.4) is 0 Å². The highest BCUT2D eigenvalue weighted by atomic mass is 35.5. The molecule has 146 valence electrons. The SMILES string of the molecule is CC(NC(=O)Cn1cnc2c(Cl)cc(Cl)cc2c1=O)c1cccc2ccccc12. The van der Waals surface area contributed by atoms with E-state index in [0.29, 0.717) is 15.6 Å². The van der Waals surface area contributed by atoms with Gasteiger partial charge in [-0.1, -0.05) is 65.7 Å². The monoisotopic (exact) mass is 425 g/mol. The van der Waals surface area contributed by atoms with Crippen LogP contribution in [0.2, 0.25) is 10.0 Å². The molecule has 0 aliphatic rings. The molecule has 3 aromatic carbocycles. The first-order valence-corrected chi connectivity index (χ1v) is 9.81. The van der Waals surface area contributed by atoms with Crippen LogP contribution in [-0.2, 0) is 11.3 Å². The van der Waals surface area contributed by atoms with Crippen LogP contribution in [0.25, 0.3) is 21.7 Å². The first-order chi connectivity index (χ1) is 13.9. The number of hydrogen-bond acceptors (Lipinski definition) is 3. The molecule has 7 heteroatoms. The number of rotatable bonds is 4. The summed E-state index contributed by atoms with van der Waals surface area (Å²) in [6, 6.07) is 16.8. The van der Waals surface area contributed by atoms with Crippen molar-refractivity contribution in [3.05, 3.63) is 86.9 Å². The van der Waals surface area contributed by atoms with Crippen molar-refractivity contribution in [2.45, 2.75) is 19.5 Å². The second kappa shape index (κ2) is 7.85. The fraction of sp³-hybridized carbons (Fsp3) is 0.136. The van der Waals surface area contributed by atoms with Crippen LogP contribution in [0.1, 0.15) is 18.5 Å². The van der Waals surface area contributed by atoms with E-state index in [1.165, 1.54) is 23.0 Å². The molecule has 0 saturated carbocycles. The Hall–Kier alpha value is -2.89. The Morgan fingerprint density at radius 2 is 1.86 bits per heavy atom. The van der Waals surface area contributed by atoms with Crippen molar-refractivity contribution in [1.82, 2.24) is 14.9 Å². The summed E-state index contributed by atoms with van der Waals surface area (Å²) < 4.78 is 1.25. The Kier molecular flexibility index (Phi) is 5.26. The van der Waals surface area contributed by atoms with Gasteiger partial charge in [0.1, 0.15) is 6.54 Å². The smallest absolute Gasteiger partial charge is 0.261 e. The van der Waals surface area contributed by atoms with Gasteiger partial charge in [0.15, 0.2) is 0 Å². The zero-order valence-electron chi connectivity index (χ0n) is 15.5. The van der Waals surface area contributed by atoms with Crippen molar-refractivity contribution >= 4 is 50.8 Å². The van der Waals surface area contributed by atoms with Crippen molar-refractivity contribution in [2.24, 2.45) is 0 Å². The molecule has 1 aromatic heterocycles. The molecule has 0 aliphatic heterocycles. The summed E-state index contributed by atoms with van der Waals surface area (Å²) in [6.07, 6.45) is 1.33. The number of hydrogen-bond donors (Lipinski definition) is 1. The molecular weight excluding hydrogens is 409 g/mol. The normalized spacial score (nSPS) is 12.2. The highest BCUT2D eigenvalue weighted by Gasteiger charge is 2.15. The molecule has 0 radical (unpaired) electrons. The lowest BCUT2D eigenvalue weighted by Gasteiger charge is -2.17. The van der Waals surface area contributed by atoms with Crippen molar-refractivity contribution < 1.29 is 4.79 Å². The highest BCUT2D eigenvalue weighted by Crippen LogP contribution is 2.25. The topological polar surface area (TPSA) is 64.0 Å². The van der Waals surface area contributed by atoms with Gasteiger partial charge < -0.3 is 5.32 Å². The molecule has 5 nitrogen and oxygen atoms in total. The summed E-state index contributed by atoms with van der Waals surface area (Å²) >= 11 is 12.1. The van der Waals surface area contributed by atoms with E-state index in [4.69, 9.17) is 23.2 Å². The minimum Gasteiger partial charge on any atom is -0.348 e. The van der Waals surface area contributed by atoms with Crippen LogP contribution in [0.5, 0.6) is 0 Å². The lowest BCUT2D eigenvalue weighted by molar-refractivity contribution is -0.122. The maximum atomic E-state index is 12.7. The number of nitrogens with one attached hydrogen (secondary N) is 1. The van der Waals surface area contributed by atoms with E-state index in [1.807, 2.05) is 49.4 Å². The molecule has 1 unspecified atom stereocenters. The second-order valence-electron chi connectivity index (χ2n) is 6.82. The molecule has 29 heavy (non-hydrogen) atoms. The first-order valence-electron chi connectivity index (χ1n) is 9.05. The third kappa shape index (κ3) is 3.84. The molecule has 0 spiro atoms. The Balaban J connectivity index is 1.58. The molecule has 0 saturated heterocycles. The van der Waals surface area contributed by atoms with E-state index in [9.17, 15) is 9.59 Å². The van der Waals surface area contributed by atoms with Crippen molar-refractivity contribution in [3.8, 4) is 0 Å². The lowest BCUT2D eigenvalue weighted by atomic mass is 10.00. The van der Waals surface area contributed by atoms with Crippen molar-refractivity contribution in [3.63, 3.8) is 0 Å². The third-order valence-corrected chi connectivity index (χ3v) is 5.33. The molecule has 4 aromatic rings. The van der Waals surface area contributed by atoms with Crippen molar-refractivity contribution in [1.29, 1.82) is 0 Å². The summed E-state index contributed by atoms with van der Waals surface area (Å²) in [5.41, 5.74) is 1.01. The average molecular weight is 426 g/mol. The number of carbonyl (C=O) groups is 1. The minimum atomic E-state index is -0.368. The maximum Gasteiger partial charge on any atom is 0.261 e.